The predicted octanol–water partition coefficient (Wildman–Crippen LogP) is 2.11. The molecule has 1 atom stereocenters. The summed E-state index contributed by atoms with van der Waals surface area (Å²) in [5.74, 6) is 0.826. The summed E-state index contributed by atoms with van der Waals surface area (Å²) in [6.07, 6.45) is 2.55. The second-order valence-electron chi connectivity index (χ2n) is 3.36. The maximum atomic E-state index is 11.1. The highest BCUT2D eigenvalue weighted by Crippen LogP contribution is 2.31. The molecule has 0 fully saturated rings. The fourth-order valence-corrected chi connectivity index (χ4v) is 1.69. The molecule has 0 radical (unpaired) electrons. The summed E-state index contributed by atoms with van der Waals surface area (Å²) in [4.78, 5) is 0. The van der Waals surface area contributed by atoms with Crippen LogP contribution in [0.5, 0.6) is 11.5 Å². The van der Waals surface area contributed by atoms with Gasteiger partial charge in [0.2, 0.25) is 0 Å². The number of sulfone groups is 1. The second kappa shape index (κ2) is 5.72. The summed E-state index contributed by atoms with van der Waals surface area (Å²) in [7, 11) is -1.73. The Morgan fingerprint density at radius 2 is 2.18 bits per heavy atom. The van der Waals surface area contributed by atoms with Crippen LogP contribution in [-0.4, -0.2) is 28.4 Å². The highest BCUT2D eigenvalue weighted by atomic mass is 32.2. The number of rotatable bonds is 5. The molecule has 0 aliphatic carbocycles. The van der Waals surface area contributed by atoms with Crippen LogP contribution in [0.15, 0.2) is 23.6 Å². The Kier molecular flexibility index (Phi) is 4.03. The summed E-state index contributed by atoms with van der Waals surface area (Å²) in [6.45, 7) is 0.853. The molecule has 17 heavy (non-hydrogen) atoms. The van der Waals surface area contributed by atoms with Crippen molar-refractivity contribution >= 4 is 15.9 Å². The number of benzene rings is 1. The molecule has 1 unspecified atom stereocenters. The van der Waals surface area contributed by atoms with Crippen LogP contribution in [0.4, 0.5) is 0 Å². The van der Waals surface area contributed by atoms with Gasteiger partial charge in [-0.15, -0.1) is 0 Å². The number of ether oxygens (including phenoxy) is 2. The zero-order valence-electron chi connectivity index (χ0n) is 11.0. The third-order valence-electron chi connectivity index (χ3n) is 1.95. The zero-order valence-corrected chi connectivity index (χ0v) is 10.8. The van der Waals surface area contributed by atoms with Gasteiger partial charge in [0.05, 0.1) is 15.1 Å². The molecule has 0 aromatic heterocycles. The fourth-order valence-electron chi connectivity index (χ4n) is 1.30. The first-order chi connectivity index (χ1) is 8.33. The first-order valence-electron chi connectivity index (χ1n) is 5.55. The topological polar surface area (TPSA) is 52.6 Å². The normalized spacial score (nSPS) is 14.4. The Balaban J connectivity index is 3.16. The van der Waals surface area contributed by atoms with Gasteiger partial charge < -0.3 is 9.47 Å². The summed E-state index contributed by atoms with van der Waals surface area (Å²) < 4.78 is 40.0. The molecule has 0 N–H and O–H groups in total. The van der Waals surface area contributed by atoms with E-state index in [-0.39, 0.29) is 0 Å². The Hall–Kier alpha value is -1.49. The Morgan fingerprint density at radius 3 is 2.71 bits per heavy atom. The summed E-state index contributed by atoms with van der Waals surface area (Å²) >= 11 is 0. The minimum absolute atomic E-state index is 0.413. The van der Waals surface area contributed by atoms with Crippen molar-refractivity contribution in [2.75, 3.05) is 19.9 Å². The molecule has 5 heteroatoms. The standard InChI is InChI=1S/C12H16O4S/c1-4-16-11-7-5-6-10(12(11)15-2)8-9-17(3,13)14/h5-9H,4H2,1-3H3/i4D. The van der Waals surface area contributed by atoms with Crippen molar-refractivity contribution in [2.45, 2.75) is 6.92 Å². The van der Waals surface area contributed by atoms with E-state index in [1.54, 1.807) is 25.1 Å². The third-order valence-corrected chi connectivity index (χ3v) is 2.58. The van der Waals surface area contributed by atoms with Gasteiger partial charge in [-0.3, -0.25) is 0 Å². The van der Waals surface area contributed by atoms with E-state index < -0.39 is 16.4 Å². The van der Waals surface area contributed by atoms with Crippen LogP contribution in [0.3, 0.4) is 0 Å². The van der Waals surface area contributed by atoms with Gasteiger partial charge in [-0.1, -0.05) is 12.1 Å². The van der Waals surface area contributed by atoms with E-state index >= 15 is 0 Å². The van der Waals surface area contributed by atoms with Gasteiger partial charge in [-0.2, -0.15) is 0 Å². The first kappa shape index (κ1) is 12.0. The van der Waals surface area contributed by atoms with Crippen molar-refractivity contribution in [1.29, 1.82) is 0 Å². The highest BCUT2D eigenvalue weighted by Gasteiger charge is 2.08. The average molecular weight is 257 g/mol. The van der Waals surface area contributed by atoms with Crippen molar-refractivity contribution in [3.8, 4) is 11.5 Å². The molecule has 4 nitrogen and oxygen atoms in total. The monoisotopic (exact) mass is 257 g/mol. The van der Waals surface area contributed by atoms with Gasteiger partial charge in [0.15, 0.2) is 21.3 Å². The van der Waals surface area contributed by atoms with Crippen LogP contribution in [0.1, 0.15) is 13.9 Å². The molecule has 0 saturated carbocycles. The van der Waals surface area contributed by atoms with Gasteiger partial charge in [-0.05, 0) is 19.1 Å². The molecule has 0 aliphatic rings. The third kappa shape index (κ3) is 4.11. The van der Waals surface area contributed by atoms with Gasteiger partial charge >= 0.3 is 0 Å². The molecule has 0 aliphatic heterocycles. The van der Waals surface area contributed by atoms with Crippen LogP contribution in [-0.2, 0) is 9.84 Å². The van der Waals surface area contributed by atoms with Crippen LogP contribution in [0, 0.1) is 0 Å². The molecule has 0 saturated heterocycles. The van der Waals surface area contributed by atoms with Gasteiger partial charge in [0.25, 0.3) is 0 Å². The number of hydrogen-bond donors (Lipinski definition) is 0. The Labute approximate surface area is 103 Å². The summed E-state index contributed by atoms with van der Waals surface area (Å²) in [5, 5.41) is 1.10. The SMILES string of the molecule is [2H]C(C)Oc1cccc(C=CS(C)(=O)=O)c1OC. The molecule has 1 rings (SSSR count). The van der Waals surface area contributed by atoms with E-state index in [1.807, 2.05) is 0 Å². The minimum atomic E-state index is -3.20. The van der Waals surface area contributed by atoms with E-state index in [1.165, 1.54) is 13.2 Å². The lowest BCUT2D eigenvalue weighted by Crippen LogP contribution is -1.97. The largest absolute Gasteiger partial charge is 0.492 e. The number of hydrogen-bond acceptors (Lipinski definition) is 4. The van der Waals surface area contributed by atoms with Crippen LogP contribution < -0.4 is 9.47 Å². The van der Waals surface area contributed by atoms with Gasteiger partial charge in [-0.25, -0.2) is 8.42 Å². The van der Waals surface area contributed by atoms with E-state index in [4.69, 9.17) is 10.8 Å². The lowest BCUT2D eigenvalue weighted by Gasteiger charge is -2.11. The smallest absolute Gasteiger partial charge is 0.168 e. The number of methoxy groups -OCH3 is 1. The maximum absolute atomic E-state index is 11.1. The molecule has 0 heterocycles. The molecule has 1 aromatic carbocycles. The maximum Gasteiger partial charge on any atom is 0.168 e. The molecule has 1 aromatic rings. The van der Waals surface area contributed by atoms with E-state index in [0.29, 0.717) is 17.1 Å². The second-order valence-corrected chi connectivity index (χ2v) is 5.30. The van der Waals surface area contributed by atoms with E-state index in [9.17, 15) is 8.42 Å². The van der Waals surface area contributed by atoms with Crippen LogP contribution in [0.2, 0.25) is 0 Å². The summed E-state index contributed by atoms with van der Waals surface area (Å²) in [5.41, 5.74) is 0.584. The predicted molar refractivity (Wildman–Crippen MR) is 68.0 cm³/mol. The minimum Gasteiger partial charge on any atom is -0.492 e. The van der Waals surface area contributed by atoms with Crippen LogP contribution in [0.25, 0.3) is 6.08 Å². The molecule has 94 valence electrons. The lowest BCUT2D eigenvalue weighted by atomic mass is 10.2. The van der Waals surface area contributed by atoms with Crippen molar-refractivity contribution in [3.63, 3.8) is 0 Å². The van der Waals surface area contributed by atoms with Crippen molar-refractivity contribution in [3.05, 3.63) is 29.2 Å². The zero-order chi connectivity index (χ0) is 13.8. The van der Waals surface area contributed by atoms with Crippen molar-refractivity contribution in [2.24, 2.45) is 0 Å². The van der Waals surface area contributed by atoms with E-state index in [0.717, 1.165) is 11.7 Å². The highest BCUT2D eigenvalue weighted by molar-refractivity contribution is 7.93. The molecular weight excluding hydrogens is 240 g/mol. The van der Waals surface area contributed by atoms with Gasteiger partial charge in [0, 0.05) is 17.2 Å². The quantitative estimate of drug-likeness (QED) is 0.810. The lowest BCUT2D eigenvalue weighted by molar-refractivity contribution is 0.310. The first-order valence-corrected chi connectivity index (χ1v) is 6.93. The van der Waals surface area contributed by atoms with E-state index in [2.05, 4.69) is 0 Å². The average Bonchev–Trinajstić information content (AvgIpc) is 2.24. The fraction of sp³-hybridized carbons (Fsp3) is 0.333. The molecule has 0 spiro atoms. The Morgan fingerprint density at radius 1 is 1.47 bits per heavy atom. The van der Waals surface area contributed by atoms with Crippen molar-refractivity contribution < 1.29 is 19.3 Å². The molecule has 0 bridgehead atoms. The molecule has 0 amide bonds. The summed E-state index contributed by atoms with van der Waals surface area (Å²) in [6, 6.07) is 5.09. The number of para-hydroxylation sites is 1. The van der Waals surface area contributed by atoms with Crippen LogP contribution >= 0.6 is 0 Å². The Bertz CT molecular complexity index is 535. The van der Waals surface area contributed by atoms with Gasteiger partial charge in [0.1, 0.15) is 0 Å². The van der Waals surface area contributed by atoms with Crippen molar-refractivity contribution in [1.82, 2.24) is 0 Å². The molecular formula is C12H16O4S.